The van der Waals surface area contributed by atoms with Gasteiger partial charge in [-0.05, 0) is 44.0 Å². The number of benzene rings is 1. The molecule has 1 heterocycles. The van der Waals surface area contributed by atoms with Gasteiger partial charge in [-0.25, -0.2) is 0 Å². The quantitative estimate of drug-likeness (QED) is 0.800. The average molecular weight is 295 g/mol. The van der Waals surface area contributed by atoms with Crippen LogP contribution in [-0.2, 0) is 4.74 Å². The molecule has 1 saturated heterocycles. The minimum Gasteiger partial charge on any atom is -0.497 e. The number of hydrogen-bond donors (Lipinski definition) is 2. The summed E-state index contributed by atoms with van der Waals surface area (Å²) in [6.07, 6.45) is 1.41. The summed E-state index contributed by atoms with van der Waals surface area (Å²) in [6, 6.07) is 7.34. The molecular formula is C16H25NO4. The first-order valence-corrected chi connectivity index (χ1v) is 7.39. The van der Waals surface area contributed by atoms with Crippen LogP contribution in [0.15, 0.2) is 24.3 Å². The molecule has 1 aromatic rings. The fourth-order valence-corrected chi connectivity index (χ4v) is 2.29. The molecule has 1 fully saturated rings. The van der Waals surface area contributed by atoms with Gasteiger partial charge in [-0.3, -0.25) is 0 Å². The summed E-state index contributed by atoms with van der Waals surface area (Å²) in [6.45, 7) is 4.52. The van der Waals surface area contributed by atoms with Crippen LogP contribution in [0, 0.1) is 0 Å². The van der Waals surface area contributed by atoms with Crippen LogP contribution in [0.4, 0.5) is 0 Å². The van der Waals surface area contributed by atoms with Crippen molar-refractivity contribution in [3.63, 3.8) is 0 Å². The van der Waals surface area contributed by atoms with E-state index in [2.05, 4.69) is 12.2 Å². The third-order valence-corrected chi connectivity index (χ3v) is 3.86. The third-order valence-electron chi connectivity index (χ3n) is 3.86. The fourth-order valence-electron chi connectivity index (χ4n) is 2.29. The number of aliphatic hydroxyl groups excluding tert-OH is 1. The van der Waals surface area contributed by atoms with Crippen molar-refractivity contribution in [1.29, 1.82) is 0 Å². The number of rotatable bonds is 7. The normalized spacial score (nSPS) is 19.0. The Bertz CT molecular complexity index is 415. The zero-order chi connectivity index (χ0) is 15.1. The van der Waals surface area contributed by atoms with Gasteiger partial charge in [-0.15, -0.1) is 0 Å². The van der Waals surface area contributed by atoms with Gasteiger partial charge in [0.1, 0.15) is 24.2 Å². The molecule has 2 N–H and O–H groups in total. The molecule has 5 nitrogen and oxygen atoms in total. The van der Waals surface area contributed by atoms with Gasteiger partial charge in [-0.1, -0.05) is 0 Å². The van der Waals surface area contributed by atoms with E-state index in [-0.39, 0.29) is 12.1 Å². The van der Waals surface area contributed by atoms with Crippen molar-refractivity contribution in [2.24, 2.45) is 0 Å². The van der Waals surface area contributed by atoms with Crippen LogP contribution in [0.25, 0.3) is 0 Å². The number of ether oxygens (including phenoxy) is 3. The highest BCUT2D eigenvalue weighted by Crippen LogP contribution is 2.20. The van der Waals surface area contributed by atoms with Gasteiger partial charge in [0.15, 0.2) is 0 Å². The summed E-state index contributed by atoms with van der Waals surface area (Å²) in [4.78, 5) is 0. The molecule has 0 aliphatic carbocycles. The highest BCUT2D eigenvalue weighted by Gasteiger charge is 2.27. The molecule has 0 saturated carbocycles. The summed E-state index contributed by atoms with van der Waals surface area (Å²) < 4.78 is 16.0. The van der Waals surface area contributed by atoms with E-state index in [1.165, 1.54) is 0 Å². The number of β-amino-alcohol motifs (C(OH)–C–C–N with tert-alkyl or cyclic N) is 1. The van der Waals surface area contributed by atoms with Crippen LogP contribution >= 0.6 is 0 Å². The predicted octanol–water partition coefficient (Wildman–Crippen LogP) is 1.59. The zero-order valence-electron chi connectivity index (χ0n) is 12.8. The summed E-state index contributed by atoms with van der Waals surface area (Å²) in [7, 11) is 1.63. The lowest BCUT2D eigenvalue weighted by Crippen LogP contribution is -2.50. The van der Waals surface area contributed by atoms with Gasteiger partial charge >= 0.3 is 0 Å². The molecule has 1 aliphatic heterocycles. The van der Waals surface area contributed by atoms with Crippen molar-refractivity contribution in [2.75, 3.05) is 33.5 Å². The van der Waals surface area contributed by atoms with Crippen LogP contribution in [-0.4, -0.2) is 50.2 Å². The summed E-state index contributed by atoms with van der Waals surface area (Å²) >= 11 is 0. The minimum atomic E-state index is -0.535. The highest BCUT2D eigenvalue weighted by molar-refractivity contribution is 5.31. The number of aliphatic hydroxyl groups is 1. The Kier molecular flexibility index (Phi) is 5.85. The van der Waals surface area contributed by atoms with Gasteiger partial charge in [0.2, 0.25) is 0 Å². The summed E-state index contributed by atoms with van der Waals surface area (Å²) in [5, 5.41) is 13.4. The largest absolute Gasteiger partial charge is 0.497 e. The molecule has 1 atom stereocenters. The topological polar surface area (TPSA) is 60.0 Å². The van der Waals surface area contributed by atoms with Gasteiger partial charge < -0.3 is 24.6 Å². The minimum absolute atomic E-state index is 0.0549. The molecule has 1 unspecified atom stereocenters. The Morgan fingerprint density at radius 1 is 1.24 bits per heavy atom. The maximum atomic E-state index is 10.0. The Morgan fingerprint density at radius 2 is 1.86 bits per heavy atom. The SMILES string of the molecule is COc1ccc(OCC(O)CNC2(C)CCOCC2)cc1. The second-order valence-corrected chi connectivity index (χ2v) is 5.69. The average Bonchev–Trinajstić information content (AvgIpc) is 2.52. The lowest BCUT2D eigenvalue weighted by atomic mass is 9.92. The van der Waals surface area contributed by atoms with E-state index < -0.39 is 6.10 Å². The van der Waals surface area contributed by atoms with E-state index in [1.807, 2.05) is 24.3 Å². The van der Waals surface area contributed by atoms with Gasteiger partial charge in [-0.2, -0.15) is 0 Å². The molecule has 5 heteroatoms. The van der Waals surface area contributed by atoms with E-state index >= 15 is 0 Å². The Hall–Kier alpha value is -1.30. The van der Waals surface area contributed by atoms with Crippen molar-refractivity contribution in [3.05, 3.63) is 24.3 Å². The molecule has 1 aromatic carbocycles. The molecule has 118 valence electrons. The molecule has 0 amide bonds. The molecule has 21 heavy (non-hydrogen) atoms. The Morgan fingerprint density at radius 3 is 2.48 bits per heavy atom. The van der Waals surface area contributed by atoms with Crippen LogP contribution in [0.1, 0.15) is 19.8 Å². The fraction of sp³-hybridized carbons (Fsp3) is 0.625. The highest BCUT2D eigenvalue weighted by atomic mass is 16.5. The number of methoxy groups -OCH3 is 1. The smallest absolute Gasteiger partial charge is 0.119 e. The first-order valence-electron chi connectivity index (χ1n) is 7.39. The van der Waals surface area contributed by atoms with Crippen molar-refractivity contribution < 1.29 is 19.3 Å². The Balaban J connectivity index is 1.70. The Labute approximate surface area is 126 Å². The van der Waals surface area contributed by atoms with E-state index in [0.717, 1.165) is 37.6 Å². The third kappa shape index (κ3) is 5.19. The van der Waals surface area contributed by atoms with Crippen LogP contribution in [0.5, 0.6) is 11.5 Å². The monoisotopic (exact) mass is 295 g/mol. The van der Waals surface area contributed by atoms with E-state index in [0.29, 0.717) is 6.54 Å². The molecule has 1 aliphatic rings. The molecule has 0 radical (unpaired) electrons. The first-order chi connectivity index (χ1) is 10.1. The summed E-state index contributed by atoms with van der Waals surface area (Å²) in [5.41, 5.74) is 0.0549. The van der Waals surface area contributed by atoms with Crippen LogP contribution in [0.2, 0.25) is 0 Å². The molecule has 0 aromatic heterocycles. The van der Waals surface area contributed by atoms with Gasteiger partial charge in [0, 0.05) is 25.3 Å². The van der Waals surface area contributed by atoms with E-state index in [1.54, 1.807) is 7.11 Å². The first kappa shape index (κ1) is 16.1. The summed E-state index contributed by atoms with van der Waals surface area (Å²) in [5.74, 6) is 1.52. The van der Waals surface area contributed by atoms with Crippen molar-refractivity contribution in [3.8, 4) is 11.5 Å². The second-order valence-electron chi connectivity index (χ2n) is 5.69. The lowest BCUT2D eigenvalue weighted by Gasteiger charge is -2.35. The van der Waals surface area contributed by atoms with Crippen molar-refractivity contribution in [1.82, 2.24) is 5.32 Å². The van der Waals surface area contributed by atoms with Gasteiger partial charge in [0.05, 0.1) is 7.11 Å². The van der Waals surface area contributed by atoms with E-state index in [9.17, 15) is 5.11 Å². The zero-order valence-corrected chi connectivity index (χ0v) is 12.8. The predicted molar refractivity (Wildman–Crippen MR) is 81.0 cm³/mol. The van der Waals surface area contributed by atoms with Crippen molar-refractivity contribution >= 4 is 0 Å². The lowest BCUT2D eigenvalue weighted by molar-refractivity contribution is 0.0342. The maximum Gasteiger partial charge on any atom is 0.119 e. The van der Waals surface area contributed by atoms with Crippen LogP contribution in [0.3, 0.4) is 0 Å². The molecule has 0 spiro atoms. The molecular weight excluding hydrogens is 270 g/mol. The second kappa shape index (κ2) is 7.64. The standard InChI is InChI=1S/C16H25NO4/c1-16(7-9-20-10-8-16)17-11-13(18)12-21-15-5-3-14(19-2)4-6-15/h3-6,13,17-18H,7-12H2,1-2H3. The van der Waals surface area contributed by atoms with Crippen molar-refractivity contribution in [2.45, 2.75) is 31.4 Å². The molecule has 2 rings (SSSR count). The van der Waals surface area contributed by atoms with E-state index in [4.69, 9.17) is 14.2 Å². The number of hydrogen-bond acceptors (Lipinski definition) is 5. The molecule has 0 bridgehead atoms. The number of nitrogens with one attached hydrogen (secondary N) is 1. The van der Waals surface area contributed by atoms with Gasteiger partial charge in [0.25, 0.3) is 0 Å². The maximum absolute atomic E-state index is 10.0. The van der Waals surface area contributed by atoms with Crippen LogP contribution < -0.4 is 14.8 Å².